The minimum absolute atomic E-state index is 0.154. The molecule has 0 spiro atoms. The van der Waals surface area contributed by atoms with Crippen LogP contribution in [0.4, 0.5) is 11.4 Å². The molecular weight excluding hydrogens is 460 g/mol. The van der Waals surface area contributed by atoms with Crippen LogP contribution in [0.1, 0.15) is 29.3 Å². The fraction of sp³-hybridized carbons (Fsp3) is 0.250. The topological polar surface area (TPSA) is 94.2 Å². The van der Waals surface area contributed by atoms with E-state index in [0.29, 0.717) is 34.2 Å². The molecule has 2 amide bonds. The lowest BCUT2D eigenvalue weighted by Gasteiger charge is -2.29. The van der Waals surface area contributed by atoms with E-state index < -0.39 is 0 Å². The van der Waals surface area contributed by atoms with Crippen molar-refractivity contribution >= 4 is 29.0 Å². The molecule has 8 nitrogen and oxygen atoms in total. The number of fused-ring (bicyclic) bond motifs is 1. The first-order chi connectivity index (χ1) is 17.5. The van der Waals surface area contributed by atoms with Crippen LogP contribution >= 0.6 is 0 Å². The van der Waals surface area contributed by atoms with Gasteiger partial charge in [-0.25, -0.2) is 0 Å². The zero-order chi connectivity index (χ0) is 25.5. The minimum Gasteiger partial charge on any atom is -0.497 e. The number of ketones is 1. The van der Waals surface area contributed by atoms with Gasteiger partial charge in [0.15, 0.2) is 19.0 Å². The molecule has 0 aliphatic carbocycles. The van der Waals surface area contributed by atoms with E-state index in [9.17, 15) is 14.4 Å². The van der Waals surface area contributed by atoms with E-state index >= 15 is 0 Å². The first-order valence-corrected chi connectivity index (χ1v) is 11.7. The van der Waals surface area contributed by atoms with Gasteiger partial charge in [-0.1, -0.05) is 25.5 Å². The molecule has 1 aliphatic heterocycles. The van der Waals surface area contributed by atoms with Gasteiger partial charge in [0.2, 0.25) is 5.91 Å². The second-order valence-corrected chi connectivity index (χ2v) is 8.33. The summed E-state index contributed by atoms with van der Waals surface area (Å²) in [6.07, 6.45) is 2.05. The van der Waals surface area contributed by atoms with E-state index in [0.717, 1.165) is 12.8 Å². The molecule has 36 heavy (non-hydrogen) atoms. The molecule has 0 radical (unpaired) electrons. The van der Waals surface area contributed by atoms with Gasteiger partial charge in [-0.2, -0.15) is 0 Å². The predicted octanol–water partition coefficient (Wildman–Crippen LogP) is 4.27. The Balaban J connectivity index is 1.43. The lowest BCUT2D eigenvalue weighted by Crippen LogP contribution is -2.43. The van der Waals surface area contributed by atoms with Crippen molar-refractivity contribution in [2.75, 3.05) is 37.1 Å². The average molecular weight is 489 g/mol. The number of Topliss-reactive ketones (excluding diaryl/α,β-unsaturated/α-hetero) is 1. The van der Waals surface area contributed by atoms with Crippen molar-refractivity contribution in [2.24, 2.45) is 0 Å². The molecule has 3 aromatic carbocycles. The number of anilines is 2. The number of amides is 2. The zero-order valence-electron chi connectivity index (χ0n) is 20.3. The minimum atomic E-state index is -0.382. The summed E-state index contributed by atoms with van der Waals surface area (Å²) in [7, 11) is 1.56. The number of benzene rings is 3. The van der Waals surface area contributed by atoms with Gasteiger partial charge in [-0.3, -0.25) is 19.3 Å². The smallest absolute Gasteiger partial charge is 0.265 e. The number of hydrogen-bond acceptors (Lipinski definition) is 6. The van der Waals surface area contributed by atoms with Gasteiger partial charge < -0.3 is 19.5 Å². The Kier molecular flexibility index (Phi) is 7.85. The Morgan fingerprint density at radius 3 is 2.42 bits per heavy atom. The summed E-state index contributed by atoms with van der Waals surface area (Å²) in [6.45, 7) is 1.56. The number of carbonyl (C=O) groups is 3. The number of carbonyl (C=O) groups excluding carboxylic acids is 3. The number of rotatable bonds is 10. The summed E-state index contributed by atoms with van der Waals surface area (Å²) in [6, 6.07) is 19.3. The molecule has 1 N–H and O–H groups in total. The molecule has 0 fully saturated rings. The van der Waals surface area contributed by atoms with Crippen LogP contribution in [0.5, 0.6) is 17.2 Å². The predicted molar refractivity (Wildman–Crippen MR) is 136 cm³/mol. The van der Waals surface area contributed by atoms with Gasteiger partial charge in [0, 0.05) is 11.3 Å². The fourth-order valence-electron chi connectivity index (χ4n) is 3.84. The molecule has 0 saturated carbocycles. The lowest BCUT2D eigenvalue weighted by molar-refractivity contribution is -0.123. The Hall–Kier alpha value is -4.33. The van der Waals surface area contributed by atoms with E-state index in [1.165, 1.54) is 10.5 Å². The molecule has 0 atom stereocenters. The standard InChI is InChI=1S/C28H28N2O6/c1-3-4-19-5-10-23(11-6-19)35-17-25(31)20-7-14-26-24(15-20)30(28(33)18-36-26)16-27(32)29-21-8-12-22(34-2)13-9-21/h5-15H,3-4,16-18H2,1-2H3,(H,29,32). The van der Waals surface area contributed by atoms with Gasteiger partial charge in [0.25, 0.3) is 5.91 Å². The Labute approximate surface area is 209 Å². The third-order valence-electron chi connectivity index (χ3n) is 5.73. The third kappa shape index (κ3) is 6.02. The van der Waals surface area contributed by atoms with Crippen molar-refractivity contribution in [1.82, 2.24) is 0 Å². The van der Waals surface area contributed by atoms with Gasteiger partial charge >= 0.3 is 0 Å². The largest absolute Gasteiger partial charge is 0.497 e. The van der Waals surface area contributed by atoms with Crippen molar-refractivity contribution in [3.63, 3.8) is 0 Å². The maximum Gasteiger partial charge on any atom is 0.265 e. The zero-order valence-corrected chi connectivity index (χ0v) is 20.3. The second-order valence-electron chi connectivity index (χ2n) is 8.33. The van der Waals surface area contributed by atoms with Crippen LogP contribution in [0.15, 0.2) is 66.7 Å². The van der Waals surface area contributed by atoms with Crippen LogP contribution in [0, 0.1) is 0 Å². The van der Waals surface area contributed by atoms with Gasteiger partial charge in [0.1, 0.15) is 23.8 Å². The highest BCUT2D eigenvalue weighted by molar-refractivity contribution is 6.06. The van der Waals surface area contributed by atoms with Gasteiger partial charge in [-0.05, 0) is 66.6 Å². The summed E-state index contributed by atoms with van der Waals surface area (Å²) in [5.41, 5.74) is 2.51. The number of aryl methyl sites for hydroxylation is 1. The molecule has 0 bridgehead atoms. The van der Waals surface area contributed by atoms with Crippen molar-refractivity contribution < 1.29 is 28.6 Å². The highest BCUT2D eigenvalue weighted by Crippen LogP contribution is 2.33. The number of ether oxygens (including phenoxy) is 3. The molecule has 0 unspecified atom stereocenters. The van der Waals surface area contributed by atoms with Crippen molar-refractivity contribution in [3.8, 4) is 17.2 Å². The molecule has 1 heterocycles. The summed E-state index contributed by atoms with van der Waals surface area (Å²) in [5.74, 6) is 0.691. The highest BCUT2D eigenvalue weighted by atomic mass is 16.5. The van der Waals surface area contributed by atoms with Gasteiger partial charge in [-0.15, -0.1) is 0 Å². The lowest BCUT2D eigenvalue weighted by atomic mass is 10.1. The van der Waals surface area contributed by atoms with Crippen LogP contribution in [-0.2, 0) is 16.0 Å². The number of nitrogens with one attached hydrogen (secondary N) is 1. The van der Waals surface area contributed by atoms with E-state index in [1.807, 2.05) is 24.3 Å². The summed E-state index contributed by atoms with van der Waals surface area (Å²) in [4.78, 5) is 39.4. The quantitative estimate of drug-likeness (QED) is 0.428. The maximum atomic E-state index is 12.8. The maximum absolute atomic E-state index is 12.8. The number of hydrogen-bond donors (Lipinski definition) is 1. The molecule has 3 aromatic rings. The van der Waals surface area contributed by atoms with Crippen LogP contribution in [-0.4, -0.2) is 44.5 Å². The highest BCUT2D eigenvalue weighted by Gasteiger charge is 2.28. The first-order valence-electron chi connectivity index (χ1n) is 11.7. The first kappa shape index (κ1) is 24.8. The number of methoxy groups -OCH3 is 1. The summed E-state index contributed by atoms with van der Waals surface area (Å²) >= 11 is 0. The Morgan fingerprint density at radius 2 is 1.72 bits per heavy atom. The normalized spacial score (nSPS) is 12.4. The van der Waals surface area contributed by atoms with Crippen LogP contribution < -0.4 is 24.4 Å². The van der Waals surface area contributed by atoms with Crippen molar-refractivity contribution in [1.29, 1.82) is 0 Å². The summed E-state index contributed by atoms with van der Waals surface area (Å²) in [5, 5.41) is 2.76. The molecule has 4 rings (SSSR count). The molecule has 0 saturated heterocycles. The molecular formula is C28H28N2O6. The Bertz CT molecular complexity index is 1240. The van der Waals surface area contributed by atoms with Crippen LogP contribution in [0.2, 0.25) is 0 Å². The molecule has 8 heteroatoms. The molecule has 0 aromatic heterocycles. The van der Waals surface area contributed by atoms with Crippen LogP contribution in [0.3, 0.4) is 0 Å². The van der Waals surface area contributed by atoms with Crippen molar-refractivity contribution in [2.45, 2.75) is 19.8 Å². The van der Waals surface area contributed by atoms with E-state index in [2.05, 4.69) is 12.2 Å². The number of nitrogens with zero attached hydrogens (tertiary/aromatic N) is 1. The van der Waals surface area contributed by atoms with Gasteiger partial charge in [0.05, 0.1) is 12.8 Å². The van der Waals surface area contributed by atoms with E-state index in [-0.39, 0.29) is 37.4 Å². The second kappa shape index (κ2) is 11.4. The molecule has 1 aliphatic rings. The molecule has 186 valence electrons. The fourth-order valence-corrected chi connectivity index (χ4v) is 3.84. The van der Waals surface area contributed by atoms with E-state index in [1.54, 1.807) is 49.6 Å². The SMILES string of the molecule is CCCc1ccc(OCC(=O)c2ccc3c(c2)N(CC(=O)Nc2ccc(OC)cc2)C(=O)CO3)cc1. The monoisotopic (exact) mass is 488 g/mol. The third-order valence-corrected chi connectivity index (χ3v) is 5.73. The average Bonchev–Trinajstić information content (AvgIpc) is 2.90. The summed E-state index contributed by atoms with van der Waals surface area (Å²) < 4.78 is 16.3. The van der Waals surface area contributed by atoms with E-state index in [4.69, 9.17) is 14.2 Å². The van der Waals surface area contributed by atoms with Crippen LogP contribution in [0.25, 0.3) is 0 Å². The Morgan fingerprint density at radius 1 is 1.00 bits per heavy atom. The van der Waals surface area contributed by atoms with Crippen molar-refractivity contribution in [3.05, 3.63) is 77.9 Å².